The van der Waals surface area contributed by atoms with Crippen molar-refractivity contribution in [1.82, 2.24) is 20.1 Å². The molecule has 1 amide bonds. The van der Waals surface area contributed by atoms with Gasteiger partial charge in [0.15, 0.2) is 11.0 Å². The number of aryl methyl sites for hydroxylation is 1. The Morgan fingerprint density at radius 2 is 1.97 bits per heavy atom. The van der Waals surface area contributed by atoms with Gasteiger partial charge in [-0.25, -0.2) is 0 Å². The normalized spacial score (nSPS) is 11.7. The minimum atomic E-state index is -0.325. The summed E-state index contributed by atoms with van der Waals surface area (Å²) < 4.78 is 7.41. The predicted octanol–water partition coefficient (Wildman–Crippen LogP) is 4.25. The summed E-state index contributed by atoms with van der Waals surface area (Å²) in [6.07, 6.45) is 1.79. The van der Waals surface area contributed by atoms with Gasteiger partial charge in [-0.3, -0.25) is 9.36 Å². The van der Waals surface area contributed by atoms with E-state index in [4.69, 9.17) is 4.74 Å². The third-order valence-electron chi connectivity index (χ3n) is 4.62. The van der Waals surface area contributed by atoms with Gasteiger partial charge in [0.1, 0.15) is 5.75 Å². The highest BCUT2D eigenvalue weighted by Crippen LogP contribution is 2.32. The molecular weight excluding hydrogens is 396 g/mol. The number of methoxy groups -OCH3 is 1. The molecule has 3 rings (SSSR count). The zero-order valence-electron chi connectivity index (χ0n) is 17.5. The van der Waals surface area contributed by atoms with Crippen molar-refractivity contribution in [2.45, 2.75) is 37.3 Å². The van der Waals surface area contributed by atoms with E-state index >= 15 is 0 Å². The van der Waals surface area contributed by atoms with Gasteiger partial charge < -0.3 is 10.1 Å². The van der Waals surface area contributed by atoms with E-state index in [2.05, 4.69) is 22.1 Å². The van der Waals surface area contributed by atoms with Crippen LogP contribution in [0.2, 0.25) is 0 Å². The highest BCUT2D eigenvalue weighted by atomic mass is 32.2. The van der Waals surface area contributed by atoms with Crippen LogP contribution in [0.25, 0.3) is 11.4 Å². The summed E-state index contributed by atoms with van der Waals surface area (Å²) in [4.78, 5) is 12.6. The quantitative estimate of drug-likeness (QED) is 0.412. The Kier molecular flexibility index (Phi) is 7.30. The van der Waals surface area contributed by atoms with E-state index in [0.29, 0.717) is 24.1 Å². The van der Waals surface area contributed by atoms with Gasteiger partial charge in [0.25, 0.3) is 0 Å². The third kappa shape index (κ3) is 5.10. The molecule has 0 saturated heterocycles. The summed E-state index contributed by atoms with van der Waals surface area (Å²) in [5.74, 6) is 1.35. The van der Waals surface area contributed by atoms with Crippen LogP contribution >= 0.6 is 11.8 Å². The van der Waals surface area contributed by atoms with Crippen molar-refractivity contribution in [3.63, 3.8) is 0 Å². The number of carbonyl (C=O) groups excluding carboxylic acids is 1. The number of amides is 1. The molecule has 1 aromatic heterocycles. The smallest absolute Gasteiger partial charge is 0.233 e. The van der Waals surface area contributed by atoms with Crippen molar-refractivity contribution in [2.24, 2.45) is 0 Å². The zero-order valence-corrected chi connectivity index (χ0v) is 18.3. The summed E-state index contributed by atoms with van der Waals surface area (Å²) in [7, 11) is 1.63. The molecule has 30 heavy (non-hydrogen) atoms. The Morgan fingerprint density at radius 1 is 1.23 bits per heavy atom. The van der Waals surface area contributed by atoms with E-state index in [0.717, 1.165) is 16.9 Å². The molecule has 0 fully saturated rings. The molecule has 0 aliphatic carbocycles. The molecule has 1 atom stereocenters. The van der Waals surface area contributed by atoms with Gasteiger partial charge >= 0.3 is 0 Å². The molecule has 0 aliphatic rings. The molecule has 7 heteroatoms. The molecule has 2 aromatic carbocycles. The average molecular weight is 423 g/mol. The number of ether oxygens (including phenoxy) is 1. The topological polar surface area (TPSA) is 69.0 Å². The van der Waals surface area contributed by atoms with Crippen LogP contribution in [-0.4, -0.2) is 33.0 Å². The first kappa shape index (κ1) is 21.6. The first-order chi connectivity index (χ1) is 14.5. The summed E-state index contributed by atoms with van der Waals surface area (Å²) in [5, 5.41) is 12.0. The first-order valence-electron chi connectivity index (χ1n) is 9.71. The van der Waals surface area contributed by atoms with Gasteiger partial charge in [-0.05, 0) is 31.5 Å². The number of aromatic nitrogens is 3. The molecule has 1 N–H and O–H groups in total. The number of carbonyl (C=O) groups is 1. The van der Waals surface area contributed by atoms with Crippen LogP contribution in [0.5, 0.6) is 5.75 Å². The van der Waals surface area contributed by atoms with Gasteiger partial charge in [0, 0.05) is 13.1 Å². The number of hydrogen-bond acceptors (Lipinski definition) is 5. The maximum Gasteiger partial charge on any atom is 0.233 e. The minimum Gasteiger partial charge on any atom is -0.496 e. The van der Waals surface area contributed by atoms with E-state index in [1.807, 2.05) is 66.9 Å². The predicted molar refractivity (Wildman–Crippen MR) is 121 cm³/mol. The highest BCUT2D eigenvalue weighted by molar-refractivity contribution is 8.00. The van der Waals surface area contributed by atoms with E-state index < -0.39 is 0 Å². The number of allylic oxidation sites excluding steroid dienone is 1. The molecule has 0 aliphatic heterocycles. The monoisotopic (exact) mass is 422 g/mol. The van der Waals surface area contributed by atoms with E-state index in [1.165, 1.54) is 17.3 Å². The number of hydrogen-bond donors (Lipinski definition) is 1. The summed E-state index contributed by atoms with van der Waals surface area (Å²) in [5.41, 5.74) is 3.11. The SMILES string of the molecule is C=CCn1c(S[C@H](C)C(=O)NCc2ccc(C)cc2)nnc1-c1ccccc1OC. The first-order valence-corrected chi connectivity index (χ1v) is 10.6. The molecule has 0 saturated carbocycles. The van der Waals surface area contributed by atoms with Gasteiger partial charge in [-0.1, -0.05) is 59.8 Å². The zero-order chi connectivity index (χ0) is 21.5. The fourth-order valence-electron chi connectivity index (χ4n) is 2.95. The molecule has 0 bridgehead atoms. The number of thioether (sulfide) groups is 1. The standard InChI is InChI=1S/C23H26N4O2S/c1-5-14-27-21(19-8-6-7-9-20(19)29-4)25-26-23(27)30-17(3)22(28)24-15-18-12-10-16(2)11-13-18/h5-13,17H,1,14-15H2,2-4H3,(H,24,28)/t17-/m1/s1. The average Bonchev–Trinajstić information content (AvgIpc) is 3.15. The lowest BCUT2D eigenvalue weighted by Gasteiger charge is -2.14. The second kappa shape index (κ2) is 10.1. The van der Waals surface area contributed by atoms with Crippen LogP contribution in [-0.2, 0) is 17.9 Å². The summed E-state index contributed by atoms with van der Waals surface area (Å²) in [6.45, 7) is 8.77. The number of nitrogens with zero attached hydrogens (tertiary/aromatic N) is 3. The summed E-state index contributed by atoms with van der Waals surface area (Å²) >= 11 is 1.37. The molecule has 0 unspecified atom stereocenters. The number of nitrogens with one attached hydrogen (secondary N) is 1. The van der Waals surface area contributed by atoms with E-state index in [1.54, 1.807) is 13.2 Å². The molecule has 0 radical (unpaired) electrons. The highest BCUT2D eigenvalue weighted by Gasteiger charge is 2.21. The van der Waals surface area contributed by atoms with Crippen LogP contribution in [0.15, 0.2) is 66.3 Å². The van der Waals surface area contributed by atoms with Crippen LogP contribution in [0, 0.1) is 6.92 Å². The van der Waals surface area contributed by atoms with Gasteiger partial charge in [0.05, 0.1) is 17.9 Å². The number of rotatable bonds is 9. The van der Waals surface area contributed by atoms with Crippen LogP contribution in [0.4, 0.5) is 0 Å². The van der Waals surface area contributed by atoms with Gasteiger partial charge in [0.2, 0.25) is 5.91 Å². The Labute approximate surface area is 181 Å². The van der Waals surface area contributed by atoms with Crippen molar-refractivity contribution in [2.75, 3.05) is 7.11 Å². The van der Waals surface area contributed by atoms with Crippen LogP contribution < -0.4 is 10.1 Å². The largest absolute Gasteiger partial charge is 0.496 e. The van der Waals surface area contributed by atoms with Crippen molar-refractivity contribution in [3.8, 4) is 17.1 Å². The minimum absolute atomic E-state index is 0.0485. The van der Waals surface area contributed by atoms with Crippen LogP contribution in [0.3, 0.4) is 0 Å². The van der Waals surface area contributed by atoms with Crippen molar-refractivity contribution in [3.05, 3.63) is 72.3 Å². The second-order valence-corrected chi connectivity index (χ2v) is 8.18. The fraction of sp³-hybridized carbons (Fsp3) is 0.261. The molecule has 1 heterocycles. The molecule has 0 spiro atoms. The third-order valence-corrected chi connectivity index (χ3v) is 5.70. The molecule has 156 valence electrons. The second-order valence-electron chi connectivity index (χ2n) is 6.87. The lowest BCUT2D eigenvalue weighted by molar-refractivity contribution is -0.120. The lowest BCUT2D eigenvalue weighted by atomic mass is 10.1. The van der Waals surface area contributed by atoms with Gasteiger partial charge in [-0.2, -0.15) is 0 Å². The Morgan fingerprint density at radius 3 is 2.67 bits per heavy atom. The van der Waals surface area contributed by atoms with Gasteiger partial charge in [-0.15, -0.1) is 16.8 Å². The lowest BCUT2D eigenvalue weighted by Crippen LogP contribution is -2.30. The van der Waals surface area contributed by atoms with E-state index in [-0.39, 0.29) is 11.2 Å². The molecular formula is C23H26N4O2S. The van der Waals surface area contributed by atoms with Crippen molar-refractivity contribution in [1.29, 1.82) is 0 Å². The molecule has 6 nitrogen and oxygen atoms in total. The maximum atomic E-state index is 12.6. The van der Waals surface area contributed by atoms with Crippen molar-refractivity contribution < 1.29 is 9.53 Å². The Hall–Kier alpha value is -3.06. The van der Waals surface area contributed by atoms with Crippen molar-refractivity contribution >= 4 is 17.7 Å². The fourth-order valence-corrected chi connectivity index (χ4v) is 3.83. The van der Waals surface area contributed by atoms with Crippen LogP contribution in [0.1, 0.15) is 18.1 Å². The number of para-hydroxylation sites is 1. The number of benzene rings is 2. The Balaban J connectivity index is 1.73. The molecule has 3 aromatic rings. The summed E-state index contributed by atoms with van der Waals surface area (Å²) in [6, 6.07) is 15.8. The maximum absolute atomic E-state index is 12.6. The van der Waals surface area contributed by atoms with E-state index in [9.17, 15) is 4.79 Å². The Bertz CT molecular complexity index is 1010.